The highest BCUT2D eigenvalue weighted by atomic mass is 32.2. The van der Waals surface area contributed by atoms with Gasteiger partial charge in [0.2, 0.25) is 10.0 Å². The Balaban J connectivity index is 1.55. The molecule has 9 heteroatoms. The molecule has 0 radical (unpaired) electrons. The maximum absolute atomic E-state index is 13.6. The molecule has 1 aliphatic rings. The number of esters is 1. The third kappa shape index (κ3) is 5.21. The lowest BCUT2D eigenvalue weighted by Gasteiger charge is -2.24. The highest BCUT2D eigenvalue weighted by Gasteiger charge is 2.30. The van der Waals surface area contributed by atoms with Gasteiger partial charge in [-0.25, -0.2) is 13.1 Å². The van der Waals surface area contributed by atoms with Gasteiger partial charge in [0.15, 0.2) is 0 Å². The molecule has 2 heterocycles. The van der Waals surface area contributed by atoms with E-state index in [1.165, 1.54) is 0 Å². The molecular weight excluding hydrogens is 512 g/mol. The van der Waals surface area contributed by atoms with Crippen molar-refractivity contribution >= 4 is 27.0 Å². The number of fused-ring (bicyclic) bond motifs is 2. The lowest BCUT2D eigenvalue weighted by Crippen LogP contribution is -2.31. The number of ether oxygens (including phenoxy) is 1. The number of aryl methyl sites for hydroxylation is 4. The van der Waals surface area contributed by atoms with Crippen LogP contribution in [0.25, 0.3) is 11.0 Å². The predicted octanol–water partition coefficient (Wildman–Crippen LogP) is 4.81. The van der Waals surface area contributed by atoms with E-state index in [9.17, 15) is 13.2 Å². The summed E-state index contributed by atoms with van der Waals surface area (Å²) >= 11 is 0. The molecule has 39 heavy (non-hydrogen) atoms. The fourth-order valence-electron chi connectivity index (χ4n) is 5.52. The van der Waals surface area contributed by atoms with Gasteiger partial charge in [0.05, 0.1) is 23.4 Å². The molecular formula is C30H34N4O4S. The van der Waals surface area contributed by atoms with Crippen LogP contribution in [-0.2, 0) is 39.6 Å². The lowest BCUT2D eigenvalue weighted by atomic mass is 9.84. The van der Waals surface area contributed by atoms with Crippen molar-refractivity contribution in [2.24, 2.45) is 7.05 Å². The first-order valence-electron chi connectivity index (χ1n) is 13.3. The largest absolute Gasteiger partial charge is 0.466 e. The first kappa shape index (κ1) is 27.0. The Morgan fingerprint density at radius 1 is 1.10 bits per heavy atom. The van der Waals surface area contributed by atoms with Gasteiger partial charge in [-0.2, -0.15) is 4.31 Å². The number of benzene rings is 3. The van der Waals surface area contributed by atoms with E-state index in [1.54, 1.807) is 28.0 Å². The van der Waals surface area contributed by atoms with Crippen molar-refractivity contribution in [3.05, 3.63) is 88.0 Å². The van der Waals surface area contributed by atoms with Gasteiger partial charge < -0.3 is 4.74 Å². The van der Waals surface area contributed by atoms with Crippen LogP contribution >= 0.6 is 0 Å². The van der Waals surface area contributed by atoms with E-state index in [-0.39, 0.29) is 24.9 Å². The Bertz CT molecular complexity index is 1640. The van der Waals surface area contributed by atoms with Gasteiger partial charge in [0.1, 0.15) is 5.52 Å². The zero-order valence-electron chi connectivity index (χ0n) is 22.8. The second-order valence-corrected chi connectivity index (χ2v) is 12.1. The van der Waals surface area contributed by atoms with Crippen LogP contribution in [0.4, 0.5) is 0 Å². The summed E-state index contributed by atoms with van der Waals surface area (Å²) in [6.45, 7) is 6.82. The van der Waals surface area contributed by atoms with Crippen molar-refractivity contribution in [3.63, 3.8) is 0 Å². The molecule has 204 valence electrons. The van der Waals surface area contributed by atoms with E-state index >= 15 is 0 Å². The topological polar surface area (TPSA) is 94.4 Å². The van der Waals surface area contributed by atoms with Crippen LogP contribution in [0, 0.1) is 13.8 Å². The molecule has 4 aromatic rings. The van der Waals surface area contributed by atoms with Gasteiger partial charge in [-0.05, 0) is 79.1 Å². The van der Waals surface area contributed by atoms with Crippen LogP contribution in [-0.4, -0.2) is 46.8 Å². The van der Waals surface area contributed by atoms with E-state index < -0.39 is 10.0 Å². The van der Waals surface area contributed by atoms with Gasteiger partial charge in [-0.3, -0.25) is 4.79 Å². The van der Waals surface area contributed by atoms with Crippen molar-refractivity contribution in [1.82, 2.24) is 19.3 Å². The van der Waals surface area contributed by atoms with Crippen LogP contribution in [0.2, 0.25) is 0 Å². The summed E-state index contributed by atoms with van der Waals surface area (Å²) in [5, 5.41) is 8.51. The Morgan fingerprint density at radius 3 is 2.69 bits per heavy atom. The second kappa shape index (κ2) is 10.9. The smallest absolute Gasteiger partial charge is 0.306 e. The predicted molar refractivity (Wildman–Crippen MR) is 150 cm³/mol. The van der Waals surface area contributed by atoms with Crippen LogP contribution in [0.1, 0.15) is 59.1 Å². The molecule has 0 bridgehead atoms. The number of aromatic nitrogens is 3. The molecule has 0 amide bonds. The molecule has 1 aliphatic heterocycles. The average Bonchev–Trinajstić information content (AvgIpc) is 3.24. The average molecular weight is 547 g/mol. The van der Waals surface area contributed by atoms with E-state index in [2.05, 4.69) is 10.3 Å². The lowest BCUT2D eigenvalue weighted by molar-refractivity contribution is -0.143. The fourth-order valence-corrected chi connectivity index (χ4v) is 7.23. The first-order valence-corrected chi connectivity index (χ1v) is 14.8. The maximum Gasteiger partial charge on any atom is 0.306 e. The van der Waals surface area contributed by atoms with Crippen LogP contribution in [0.15, 0.2) is 59.5 Å². The minimum absolute atomic E-state index is 0.165. The number of carbonyl (C=O) groups excluding carboxylic acids is 1. The number of rotatable bonds is 7. The normalized spacial score (nSPS) is 16.0. The highest BCUT2D eigenvalue weighted by molar-refractivity contribution is 7.89. The van der Waals surface area contributed by atoms with E-state index in [0.29, 0.717) is 18.0 Å². The molecule has 0 fully saturated rings. The van der Waals surface area contributed by atoms with Crippen molar-refractivity contribution in [2.45, 2.75) is 57.4 Å². The zero-order chi connectivity index (χ0) is 27.7. The monoisotopic (exact) mass is 546 g/mol. The Hall–Kier alpha value is -3.56. The minimum atomic E-state index is -3.63. The van der Waals surface area contributed by atoms with E-state index in [1.807, 2.05) is 63.4 Å². The number of sulfonamides is 1. The summed E-state index contributed by atoms with van der Waals surface area (Å²) < 4.78 is 35.9. The third-order valence-corrected chi connectivity index (χ3v) is 9.64. The highest BCUT2D eigenvalue weighted by Crippen LogP contribution is 2.35. The number of carbonyl (C=O) groups is 1. The standard InChI is InChI=1S/C30H34N4O4S/c1-5-38-29(35)18-26(25-14-15-27-30(21(25)3)31-32-33(27)4)23-13-12-20(2)24(17-23)19-34-16-8-10-22-9-6-7-11-28(22)39(34,36)37/h6-7,9,11-15,17,26H,5,8,10,16,18-19H2,1-4H3. The SMILES string of the molecule is CCOC(=O)CC(c1ccc(C)c(CN2CCCc3ccccc3S2(=O)=O)c1)c1ccc2c(nnn2C)c1C. The fraction of sp³-hybridized carbons (Fsp3) is 0.367. The van der Waals surface area contributed by atoms with Gasteiger partial charge in [0, 0.05) is 26.1 Å². The van der Waals surface area contributed by atoms with Crippen LogP contribution < -0.4 is 0 Å². The van der Waals surface area contributed by atoms with Crippen LogP contribution in [0.5, 0.6) is 0 Å². The van der Waals surface area contributed by atoms with Gasteiger partial charge >= 0.3 is 5.97 Å². The van der Waals surface area contributed by atoms with Gasteiger partial charge in [-0.15, -0.1) is 5.10 Å². The molecule has 0 aliphatic carbocycles. The quantitative estimate of drug-likeness (QED) is 0.309. The summed E-state index contributed by atoms with van der Waals surface area (Å²) in [6, 6.07) is 17.4. The van der Waals surface area contributed by atoms with Gasteiger partial charge in [-0.1, -0.05) is 47.7 Å². The van der Waals surface area contributed by atoms with Crippen molar-refractivity contribution < 1.29 is 17.9 Å². The summed E-state index contributed by atoms with van der Waals surface area (Å²) in [6.07, 6.45) is 1.66. The number of nitrogens with zero attached hydrogens (tertiary/aromatic N) is 4. The summed E-state index contributed by atoms with van der Waals surface area (Å²) in [5.41, 5.74) is 7.38. The summed E-state index contributed by atoms with van der Waals surface area (Å²) in [7, 11) is -1.78. The number of hydrogen-bond donors (Lipinski definition) is 0. The maximum atomic E-state index is 13.6. The molecule has 0 N–H and O–H groups in total. The third-order valence-electron chi connectivity index (χ3n) is 7.70. The second-order valence-electron chi connectivity index (χ2n) is 10.2. The van der Waals surface area contributed by atoms with Gasteiger partial charge in [0.25, 0.3) is 0 Å². The number of hydrogen-bond acceptors (Lipinski definition) is 6. The molecule has 1 unspecified atom stereocenters. The van der Waals surface area contributed by atoms with Crippen molar-refractivity contribution in [1.29, 1.82) is 0 Å². The Kier molecular flexibility index (Phi) is 7.55. The summed E-state index contributed by atoms with van der Waals surface area (Å²) in [5.74, 6) is -0.564. The Labute approximate surface area is 229 Å². The molecule has 1 aromatic heterocycles. The molecule has 0 saturated heterocycles. The first-order chi connectivity index (χ1) is 18.7. The van der Waals surface area contributed by atoms with Crippen molar-refractivity contribution in [3.8, 4) is 0 Å². The molecule has 5 rings (SSSR count). The summed E-state index contributed by atoms with van der Waals surface area (Å²) in [4.78, 5) is 13.1. The molecule has 3 aromatic carbocycles. The van der Waals surface area contributed by atoms with E-state index in [0.717, 1.165) is 57.3 Å². The molecule has 8 nitrogen and oxygen atoms in total. The molecule has 1 atom stereocenters. The zero-order valence-corrected chi connectivity index (χ0v) is 23.7. The van der Waals surface area contributed by atoms with Crippen LogP contribution in [0.3, 0.4) is 0 Å². The molecule has 0 saturated carbocycles. The molecule has 0 spiro atoms. The van der Waals surface area contributed by atoms with Crippen molar-refractivity contribution in [2.75, 3.05) is 13.2 Å². The minimum Gasteiger partial charge on any atom is -0.466 e. The van der Waals surface area contributed by atoms with E-state index in [4.69, 9.17) is 4.74 Å². The Morgan fingerprint density at radius 2 is 1.90 bits per heavy atom.